The number of nitrogens with one attached hydrogen (secondary N) is 1. The summed E-state index contributed by atoms with van der Waals surface area (Å²) in [6, 6.07) is 11.1. The third-order valence-corrected chi connectivity index (χ3v) is 4.28. The third kappa shape index (κ3) is 4.27. The highest BCUT2D eigenvalue weighted by Crippen LogP contribution is 2.24. The van der Waals surface area contributed by atoms with Crippen molar-refractivity contribution in [2.24, 2.45) is 0 Å². The Labute approximate surface area is 146 Å². The summed E-state index contributed by atoms with van der Waals surface area (Å²) >= 11 is 1.27. The average molecular weight is 364 g/mol. The molecule has 0 bridgehead atoms. The first-order chi connectivity index (χ1) is 12.0. The number of H-pyrrole nitrogens is 1. The van der Waals surface area contributed by atoms with E-state index >= 15 is 0 Å². The SMILES string of the molecule is COc1ccc2nc(SCC(=O)c3ccc(OC(F)F)cc3)[nH]c2c1. The highest BCUT2D eigenvalue weighted by molar-refractivity contribution is 7.99. The van der Waals surface area contributed by atoms with Crippen LogP contribution in [0.25, 0.3) is 11.0 Å². The molecule has 0 saturated heterocycles. The number of thioether (sulfide) groups is 1. The van der Waals surface area contributed by atoms with E-state index in [0.29, 0.717) is 10.7 Å². The number of carbonyl (C=O) groups excluding carboxylic acids is 1. The zero-order valence-corrected chi connectivity index (χ0v) is 14.0. The van der Waals surface area contributed by atoms with Gasteiger partial charge in [-0.15, -0.1) is 0 Å². The highest BCUT2D eigenvalue weighted by Gasteiger charge is 2.11. The molecule has 0 aliphatic carbocycles. The van der Waals surface area contributed by atoms with Gasteiger partial charge in [0.2, 0.25) is 0 Å². The normalized spacial score (nSPS) is 11.0. The number of alkyl halides is 2. The van der Waals surface area contributed by atoms with Crippen LogP contribution in [-0.4, -0.2) is 35.2 Å². The van der Waals surface area contributed by atoms with Crippen LogP contribution in [0, 0.1) is 0 Å². The summed E-state index contributed by atoms with van der Waals surface area (Å²) in [7, 11) is 1.59. The largest absolute Gasteiger partial charge is 0.497 e. The number of ether oxygens (including phenoxy) is 2. The number of aromatic amines is 1. The van der Waals surface area contributed by atoms with Crippen LogP contribution in [0.4, 0.5) is 8.78 Å². The Hall–Kier alpha value is -2.61. The third-order valence-electron chi connectivity index (χ3n) is 3.41. The number of halogens is 2. The zero-order chi connectivity index (χ0) is 17.8. The van der Waals surface area contributed by atoms with Crippen LogP contribution in [0.1, 0.15) is 10.4 Å². The molecule has 0 radical (unpaired) electrons. The number of Topliss-reactive ketones (excluding diaryl/α,β-unsaturated/α-hetero) is 1. The van der Waals surface area contributed by atoms with Crippen LogP contribution in [0.2, 0.25) is 0 Å². The van der Waals surface area contributed by atoms with Crippen molar-refractivity contribution < 1.29 is 23.0 Å². The number of hydrogen-bond acceptors (Lipinski definition) is 5. The number of fused-ring (bicyclic) bond motifs is 1. The van der Waals surface area contributed by atoms with E-state index in [1.165, 1.54) is 36.0 Å². The summed E-state index contributed by atoms with van der Waals surface area (Å²) in [5.41, 5.74) is 2.03. The van der Waals surface area contributed by atoms with E-state index in [1.54, 1.807) is 7.11 Å². The molecule has 5 nitrogen and oxygen atoms in total. The van der Waals surface area contributed by atoms with Crippen LogP contribution in [-0.2, 0) is 0 Å². The molecule has 0 saturated carbocycles. The second-order valence-corrected chi connectivity index (χ2v) is 6.00. The first-order valence-electron chi connectivity index (χ1n) is 7.30. The number of hydrogen-bond donors (Lipinski definition) is 1. The number of carbonyl (C=O) groups is 1. The maximum absolute atomic E-state index is 12.2. The van der Waals surface area contributed by atoms with Crippen LogP contribution < -0.4 is 9.47 Å². The van der Waals surface area contributed by atoms with Crippen molar-refractivity contribution in [2.45, 2.75) is 11.8 Å². The monoisotopic (exact) mass is 364 g/mol. The van der Waals surface area contributed by atoms with Crippen molar-refractivity contribution in [2.75, 3.05) is 12.9 Å². The molecule has 0 unspecified atom stereocenters. The van der Waals surface area contributed by atoms with E-state index in [4.69, 9.17) is 4.74 Å². The fourth-order valence-corrected chi connectivity index (χ4v) is 2.98. The molecule has 3 rings (SSSR count). The molecule has 25 heavy (non-hydrogen) atoms. The minimum Gasteiger partial charge on any atom is -0.497 e. The Morgan fingerprint density at radius 1 is 1.20 bits per heavy atom. The Kier molecular flexibility index (Phi) is 5.18. The summed E-state index contributed by atoms with van der Waals surface area (Å²) < 4.78 is 33.6. The van der Waals surface area contributed by atoms with Gasteiger partial charge < -0.3 is 14.5 Å². The van der Waals surface area contributed by atoms with Gasteiger partial charge in [-0.05, 0) is 36.4 Å². The fraction of sp³-hybridized carbons (Fsp3) is 0.176. The Morgan fingerprint density at radius 3 is 2.60 bits per heavy atom. The lowest BCUT2D eigenvalue weighted by atomic mass is 10.1. The van der Waals surface area contributed by atoms with Crippen molar-refractivity contribution in [1.29, 1.82) is 0 Å². The van der Waals surface area contributed by atoms with E-state index in [2.05, 4.69) is 14.7 Å². The molecule has 8 heteroatoms. The number of ketones is 1. The minimum atomic E-state index is -2.89. The van der Waals surface area contributed by atoms with Crippen molar-refractivity contribution in [3.8, 4) is 11.5 Å². The molecular formula is C17H14F2N2O3S. The average Bonchev–Trinajstić information content (AvgIpc) is 3.01. The molecule has 0 aliphatic heterocycles. The first kappa shape index (κ1) is 17.2. The number of benzene rings is 2. The van der Waals surface area contributed by atoms with Crippen molar-refractivity contribution in [3.05, 3.63) is 48.0 Å². The molecule has 0 fully saturated rings. The van der Waals surface area contributed by atoms with E-state index in [9.17, 15) is 13.6 Å². The minimum absolute atomic E-state index is 0.0189. The second-order valence-electron chi connectivity index (χ2n) is 5.04. The number of imidazole rings is 1. The van der Waals surface area contributed by atoms with Gasteiger partial charge in [0.05, 0.1) is 23.9 Å². The zero-order valence-electron chi connectivity index (χ0n) is 13.2. The maximum Gasteiger partial charge on any atom is 0.387 e. The number of methoxy groups -OCH3 is 1. The molecule has 2 aromatic carbocycles. The van der Waals surface area contributed by atoms with Crippen LogP contribution in [0.15, 0.2) is 47.6 Å². The van der Waals surface area contributed by atoms with Gasteiger partial charge in [-0.1, -0.05) is 11.8 Å². The molecule has 1 N–H and O–H groups in total. The molecule has 1 aromatic heterocycles. The van der Waals surface area contributed by atoms with Crippen molar-refractivity contribution in [1.82, 2.24) is 9.97 Å². The molecule has 130 valence electrons. The predicted octanol–water partition coefficient (Wildman–Crippen LogP) is 4.15. The van der Waals surface area contributed by atoms with Crippen molar-refractivity contribution >= 4 is 28.6 Å². The second kappa shape index (κ2) is 7.52. The van der Waals surface area contributed by atoms with Gasteiger partial charge in [0.15, 0.2) is 10.9 Å². The fourth-order valence-electron chi connectivity index (χ4n) is 2.20. The summed E-state index contributed by atoms with van der Waals surface area (Å²) in [6.07, 6.45) is 0. The molecular weight excluding hydrogens is 350 g/mol. The Balaban J connectivity index is 1.63. The van der Waals surface area contributed by atoms with E-state index < -0.39 is 6.61 Å². The first-order valence-corrected chi connectivity index (χ1v) is 8.28. The number of nitrogens with zero attached hydrogens (tertiary/aromatic N) is 1. The Morgan fingerprint density at radius 2 is 1.92 bits per heavy atom. The lowest BCUT2D eigenvalue weighted by molar-refractivity contribution is -0.0498. The van der Waals surface area contributed by atoms with Gasteiger partial charge in [0.25, 0.3) is 0 Å². The predicted molar refractivity (Wildman–Crippen MR) is 90.8 cm³/mol. The number of aromatic nitrogens is 2. The van der Waals surface area contributed by atoms with Crippen LogP contribution >= 0.6 is 11.8 Å². The summed E-state index contributed by atoms with van der Waals surface area (Å²) in [4.78, 5) is 19.7. The van der Waals surface area contributed by atoms with E-state index in [0.717, 1.165) is 16.8 Å². The van der Waals surface area contributed by atoms with Crippen LogP contribution in [0.3, 0.4) is 0 Å². The summed E-state index contributed by atoms with van der Waals surface area (Å²) in [5, 5.41) is 0.620. The summed E-state index contributed by atoms with van der Waals surface area (Å²) in [5.74, 6) is 0.776. The topological polar surface area (TPSA) is 64.2 Å². The van der Waals surface area contributed by atoms with Gasteiger partial charge >= 0.3 is 6.61 Å². The molecule has 3 aromatic rings. The molecule has 0 atom stereocenters. The van der Waals surface area contributed by atoms with Gasteiger partial charge in [-0.3, -0.25) is 4.79 Å². The lowest BCUT2D eigenvalue weighted by Crippen LogP contribution is -2.04. The number of rotatable bonds is 7. The summed E-state index contributed by atoms with van der Waals surface area (Å²) in [6.45, 7) is -2.89. The standard InChI is InChI=1S/C17H14F2N2O3S/c1-23-12-6-7-13-14(8-12)21-17(20-13)25-9-15(22)10-2-4-11(5-3-10)24-16(18)19/h2-8,16H,9H2,1H3,(H,20,21). The molecule has 0 amide bonds. The van der Waals surface area contributed by atoms with Gasteiger partial charge in [0.1, 0.15) is 11.5 Å². The quantitative estimate of drug-likeness (QED) is 0.504. The van der Waals surface area contributed by atoms with Crippen molar-refractivity contribution in [3.63, 3.8) is 0 Å². The molecule has 0 aliphatic rings. The highest BCUT2D eigenvalue weighted by atomic mass is 32.2. The van der Waals surface area contributed by atoms with Gasteiger partial charge in [-0.2, -0.15) is 8.78 Å². The van der Waals surface area contributed by atoms with Crippen LogP contribution in [0.5, 0.6) is 11.5 Å². The van der Waals surface area contributed by atoms with Gasteiger partial charge in [-0.25, -0.2) is 4.98 Å². The molecule has 0 spiro atoms. The van der Waals surface area contributed by atoms with E-state index in [-0.39, 0.29) is 17.3 Å². The maximum atomic E-state index is 12.2. The molecule has 1 heterocycles. The van der Waals surface area contributed by atoms with Gasteiger partial charge in [0, 0.05) is 11.6 Å². The lowest BCUT2D eigenvalue weighted by Gasteiger charge is -2.05. The van der Waals surface area contributed by atoms with E-state index in [1.807, 2.05) is 18.2 Å². The smallest absolute Gasteiger partial charge is 0.387 e. The Bertz CT molecular complexity index is 881.